The molecule has 0 aromatic heterocycles. The van der Waals surface area contributed by atoms with Gasteiger partial charge in [0.15, 0.2) is 6.61 Å². The topological polar surface area (TPSA) is 58.6 Å². The van der Waals surface area contributed by atoms with Crippen LogP contribution in [0.1, 0.15) is 18.4 Å². The molecule has 1 saturated heterocycles. The fraction of sp³-hybridized carbons (Fsp3) is 0.238. The quantitative estimate of drug-likeness (QED) is 0.726. The predicted octanol–water partition coefficient (Wildman–Crippen LogP) is 4.41. The highest BCUT2D eigenvalue weighted by Gasteiger charge is 2.28. The molecule has 29 heavy (non-hydrogen) atoms. The van der Waals surface area contributed by atoms with Crippen LogP contribution in [0.2, 0.25) is 0 Å². The Morgan fingerprint density at radius 1 is 1.10 bits per heavy atom. The lowest BCUT2D eigenvalue weighted by molar-refractivity contribution is -0.153. The van der Waals surface area contributed by atoms with E-state index in [2.05, 4.69) is 10.1 Å². The van der Waals surface area contributed by atoms with Crippen molar-refractivity contribution in [2.75, 3.05) is 23.4 Å². The molecule has 1 aliphatic heterocycles. The summed E-state index contributed by atoms with van der Waals surface area (Å²) in [6.07, 6.45) is 0.00302. The van der Waals surface area contributed by atoms with Crippen molar-refractivity contribution in [1.82, 2.24) is 0 Å². The molecule has 0 unspecified atom stereocenters. The van der Waals surface area contributed by atoms with Crippen LogP contribution in [-0.4, -0.2) is 31.1 Å². The summed E-state index contributed by atoms with van der Waals surface area (Å²) < 4.78 is 41.0. The number of hydrogen-bond donors (Lipinski definition) is 1. The van der Waals surface area contributed by atoms with Crippen molar-refractivity contribution in [3.05, 3.63) is 60.2 Å². The molecule has 0 radical (unpaired) electrons. The minimum absolute atomic E-state index is 0.0624. The summed E-state index contributed by atoms with van der Waals surface area (Å²) in [6, 6.07) is 12.9. The van der Waals surface area contributed by atoms with E-state index in [4.69, 9.17) is 0 Å². The van der Waals surface area contributed by atoms with Crippen LogP contribution >= 0.6 is 0 Å². The van der Waals surface area contributed by atoms with E-state index < -0.39 is 12.8 Å². The third kappa shape index (κ3) is 6.10. The molecule has 0 spiro atoms. The molecule has 3 rings (SSSR count). The van der Waals surface area contributed by atoms with Gasteiger partial charge in [-0.1, -0.05) is 12.1 Å². The van der Waals surface area contributed by atoms with Crippen molar-refractivity contribution in [1.29, 1.82) is 0 Å². The van der Waals surface area contributed by atoms with Crippen LogP contribution in [0.4, 0.5) is 24.5 Å². The van der Waals surface area contributed by atoms with Crippen LogP contribution in [0.3, 0.4) is 0 Å². The van der Waals surface area contributed by atoms with Gasteiger partial charge in [0.25, 0.3) is 0 Å². The molecule has 5 nitrogen and oxygen atoms in total. The molecule has 1 N–H and O–H groups in total. The second kappa shape index (κ2) is 8.81. The third-order valence-electron chi connectivity index (χ3n) is 4.23. The van der Waals surface area contributed by atoms with E-state index in [1.54, 1.807) is 11.0 Å². The highest BCUT2D eigenvalue weighted by Crippen LogP contribution is 2.22. The Morgan fingerprint density at radius 3 is 2.38 bits per heavy atom. The lowest BCUT2D eigenvalue weighted by Crippen LogP contribution is -2.23. The lowest BCUT2D eigenvalue weighted by Gasteiger charge is -2.15. The van der Waals surface area contributed by atoms with Crippen LogP contribution in [0.15, 0.2) is 54.6 Å². The van der Waals surface area contributed by atoms with Gasteiger partial charge >= 0.3 is 6.18 Å². The summed E-state index contributed by atoms with van der Waals surface area (Å²) in [5.41, 5.74) is 2.07. The van der Waals surface area contributed by atoms with Gasteiger partial charge in [0.2, 0.25) is 11.8 Å². The smallest absolute Gasteiger partial charge is 0.422 e. The van der Waals surface area contributed by atoms with Gasteiger partial charge in [-0.05, 0) is 54.5 Å². The van der Waals surface area contributed by atoms with Gasteiger partial charge in [-0.25, -0.2) is 0 Å². The molecule has 8 heteroatoms. The summed E-state index contributed by atoms with van der Waals surface area (Å²) in [4.78, 5) is 25.5. The Hall–Kier alpha value is -3.29. The molecule has 0 saturated carbocycles. The number of anilines is 2. The highest BCUT2D eigenvalue weighted by molar-refractivity contribution is 6.02. The fourth-order valence-corrected chi connectivity index (χ4v) is 2.84. The van der Waals surface area contributed by atoms with Gasteiger partial charge in [0, 0.05) is 30.4 Å². The number of halogens is 3. The Balaban J connectivity index is 1.52. The fourth-order valence-electron chi connectivity index (χ4n) is 2.84. The van der Waals surface area contributed by atoms with E-state index in [0.29, 0.717) is 12.1 Å². The molecule has 1 aliphatic rings. The van der Waals surface area contributed by atoms with Crippen LogP contribution in [0.25, 0.3) is 6.08 Å². The van der Waals surface area contributed by atoms with E-state index in [1.807, 2.05) is 24.3 Å². The first-order valence-electron chi connectivity index (χ1n) is 8.99. The average Bonchev–Trinajstić information content (AvgIpc) is 3.11. The van der Waals surface area contributed by atoms with E-state index in [-0.39, 0.29) is 17.6 Å². The summed E-state index contributed by atoms with van der Waals surface area (Å²) in [7, 11) is 0. The number of ether oxygens (including phenoxy) is 1. The number of rotatable bonds is 6. The maximum absolute atomic E-state index is 12.1. The monoisotopic (exact) mass is 404 g/mol. The first-order chi connectivity index (χ1) is 13.8. The van der Waals surface area contributed by atoms with E-state index in [9.17, 15) is 22.8 Å². The number of benzene rings is 2. The van der Waals surface area contributed by atoms with Crippen molar-refractivity contribution >= 4 is 29.3 Å². The molecule has 0 bridgehead atoms. The van der Waals surface area contributed by atoms with Gasteiger partial charge in [-0.3, -0.25) is 9.59 Å². The largest absolute Gasteiger partial charge is 0.484 e. The zero-order chi connectivity index (χ0) is 20.9. The Bertz CT molecular complexity index is 891. The van der Waals surface area contributed by atoms with Crippen LogP contribution in [0, 0.1) is 0 Å². The van der Waals surface area contributed by atoms with Gasteiger partial charge in [0.1, 0.15) is 5.75 Å². The lowest BCUT2D eigenvalue weighted by atomic mass is 10.2. The molecular formula is C21H19F3N2O3. The second-order valence-corrected chi connectivity index (χ2v) is 6.49. The van der Waals surface area contributed by atoms with Crippen LogP contribution in [-0.2, 0) is 9.59 Å². The predicted molar refractivity (Wildman–Crippen MR) is 104 cm³/mol. The molecule has 0 atom stereocenters. The minimum Gasteiger partial charge on any atom is -0.484 e. The number of nitrogens with zero attached hydrogens (tertiary/aromatic N) is 1. The van der Waals surface area contributed by atoms with Gasteiger partial charge in [-0.15, -0.1) is 0 Å². The van der Waals surface area contributed by atoms with Crippen molar-refractivity contribution in [3.63, 3.8) is 0 Å². The number of nitrogens with one attached hydrogen (secondary N) is 1. The third-order valence-corrected chi connectivity index (χ3v) is 4.23. The normalized spacial score (nSPS) is 14.4. The highest BCUT2D eigenvalue weighted by atomic mass is 19.4. The Kier molecular flexibility index (Phi) is 6.21. The van der Waals surface area contributed by atoms with E-state index >= 15 is 0 Å². The number of alkyl halides is 3. The Labute approximate surface area is 165 Å². The van der Waals surface area contributed by atoms with Gasteiger partial charge in [-0.2, -0.15) is 13.2 Å². The molecular weight excluding hydrogens is 385 g/mol. The molecule has 1 heterocycles. The molecule has 152 valence electrons. The number of amides is 2. The molecule has 2 aromatic rings. The molecule has 0 aliphatic carbocycles. The van der Waals surface area contributed by atoms with E-state index in [0.717, 1.165) is 24.2 Å². The van der Waals surface area contributed by atoms with Gasteiger partial charge in [0.05, 0.1) is 0 Å². The zero-order valence-electron chi connectivity index (χ0n) is 15.4. The average molecular weight is 404 g/mol. The summed E-state index contributed by atoms with van der Waals surface area (Å²) in [5, 5.41) is 2.62. The SMILES string of the molecule is O=C(/C=C/c1ccc(N2CCCC2=O)cc1)Nc1ccc(OCC(F)(F)F)cc1. The second-order valence-electron chi connectivity index (χ2n) is 6.49. The first kappa shape index (κ1) is 20.4. The van der Waals surface area contributed by atoms with Crippen molar-refractivity contribution in [2.24, 2.45) is 0 Å². The zero-order valence-corrected chi connectivity index (χ0v) is 15.4. The van der Waals surface area contributed by atoms with Crippen LogP contribution < -0.4 is 15.0 Å². The number of carbonyl (C=O) groups excluding carboxylic acids is 2. The number of carbonyl (C=O) groups is 2. The molecule has 2 amide bonds. The molecule has 1 fully saturated rings. The summed E-state index contributed by atoms with van der Waals surface area (Å²) >= 11 is 0. The maximum Gasteiger partial charge on any atom is 0.422 e. The number of hydrogen-bond acceptors (Lipinski definition) is 3. The molecule has 2 aromatic carbocycles. The van der Waals surface area contributed by atoms with Crippen molar-refractivity contribution in [3.8, 4) is 5.75 Å². The first-order valence-corrected chi connectivity index (χ1v) is 8.99. The van der Waals surface area contributed by atoms with E-state index in [1.165, 1.54) is 30.3 Å². The van der Waals surface area contributed by atoms with Crippen LogP contribution in [0.5, 0.6) is 5.75 Å². The van der Waals surface area contributed by atoms with Gasteiger partial charge < -0.3 is 15.0 Å². The standard InChI is InChI=1S/C21H19F3N2O3/c22-21(23,24)14-29-18-10-6-16(7-11-18)25-19(27)12-5-15-3-8-17(9-4-15)26-13-1-2-20(26)28/h3-12H,1-2,13-14H2,(H,25,27)/b12-5+. The minimum atomic E-state index is -4.40. The van der Waals surface area contributed by atoms with Crippen molar-refractivity contribution in [2.45, 2.75) is 19.0 Å². The summed E-state index contributed by atoms with van der Waals surface area (Å²) in [5.74, 6) is -0.206. The Morgan fingerprint density at radius 2 is 1.79 bits per heavy atom. The van der Waals surface area contributed by atoms with Crippen molar-refractivity contribution < 1.29 is 27.5 Å². The summed E-state index contributed by atoms with van der Waals surface area (Å²) in [6.45, 7) is -0.650. The maximum atomic E-state index is 12.1.